The molecule has 1 heterocycles. The molecular formula is C15H13Cl2F2N3O2. The Hall–Kier alpha value is -1.99. The van der Waals surface area contributed by atoms with Crippen LogP contribution in [0.1, 0.15) is 29.8 Å². The molecule has 0 saturated heterocycles. The van der Waals surface area contributed by atoms with Gasteiger partial charge in [0.2, 0.25) is 0 Å². The summed E-state index contributed by atoms with van der Waals surface area (Å²) in [4.78, 5) is 19.1. The number of carbonyl (C=O) groups is 1. The minimum Gasteiger partial charge on any atom is -0.436 e. The first kappa shape index (κ1) is 18.4. The summed E-state index contributed by atoms with van der Waals surface area (Å²) in [6, 6.07) is 6.20. The van der Waals surface area contributed by atoms with E-state index in [9.17, 15) is 13.6 Å². The predicted octanol–water partition coefficient (Wildman–Crippen LogP) is 4.25. The maximum absolute atomic E-state index is 13.6. The third-order valence-corrected chi connectivity index (χ3v) is 3.44. The van der Waals surface area contributed by atoms with Crippen molar-refractivity contribution in [1.29, 1.82) is 0 Å². The first-order valence-electron chi connectivity index (χ1n) is 6.90. The highest BCUT2D eigenvalue weighted by molar-refractivity contribution is 6.30. The Morgan fingerprint density at radius 3 is 2.62 bits per heavy atom. The first-order valence-corrected chi connectivity index (χ1v) is 7.65. The van der Waals surface area contributed by atoms with Crippen LogP contribution in [-0.4, -0.2) is 22.6 Å². The average Bonchev–Trinajstić information content (AvgIpc) is 2.53. The van der Waals surface area contributed by atoms with Crippen molar-refractivity contribution in [2.75, 3.05) is 6.54 Å². The van der Waals surface area contributed by atoms with Crippen LogP contribution in [0.2, 0.25) is 5.02 Å². The first-order chi connectivity index (χ1) is 11.3. The van der Waals surface area contributed by atoms with Crippen molar-refractivity contribution in [2.45, 2.75) is 18.4 Å². The van der Waals surface area contributed by atoms with Gasteiger partial charge < -0.3 is 10.1 Å². The standard InChI is InChI=1S/C15H13Cl2F2N3O2/c1-2-21-14(23)24-12(9-3-5-10(16)6-4-9)11-7-20-8-22-13(11)15(17,18)19/h3-8,12H,2H2,1H3,(H,21,23). The van der Waals surface area contributed by atoms with Crippen LogP contribution in [0.5, 0.6) is 0 Å². The number of carbonyl (C=O) groups excluding carboxylic acids is 1. The van der Waals surface area contributed by atoms with Gasteiger partial charge in [0.25, 0.3) is 0 Å². The van der Waals surface area contributed by atoms with Gasteiger partial charge in [0, 0.05) is 23.3 Å². The van der Waals surface area contributed by atoms with Gasteiger partial charge in [-0.2, -0.15) is 8.78 Å². The molecule has 5 nitrogen and oxygen atoms in total. The zero-order chi connectivity index (χ0) is 17.7. The van der Waals surface area contributed by atoms with E-state index in [2.05, 4.69) is 15.3 Å². The molecule has 0 spiro atoms. The topological polar surface area (TPSA) is 64.1 Å². The summed E-state index contributed by atoms with van der Waals surface area (Å²) in [5.41, 5.74) is -0.433. The van der Waals surface area contributed by atoms with Crippen molar-refractivity contribution >= 4 is 29.3 Å². The summed E-state index contributed by atoms with van der Waals surface area (Å²) in [5.74, 6) is 0. The number of benzene rings is 1. The summed E-state index contributed by atoms with van der Waals surface area (Å²) in [6.07, 6.45) is 0.136. The largest absolute Gasteiger partial charge is 0.436 e. The van der Waals surface area contributed by atoms with Crippen LogP contribution in [0.25, 0.3) is 0 Å². The monoisotopic (exact) mass is 375 g/mol. The third kappa shape index (κ3) is 4.52. The summed E-state index contributed by atoms with van der Waals surface area (Å²) < 4.78 is 32.6. The lowest BCUT2D eigenvalue weighted by atomic mass is 10.0. The van der Waals surface area contributed by atoms with Crippen molar-refractivity contribution in [3.05, 3.63) is 58.6 Å². The number of amides is 1. The highest BCUT2D eigenvalue weighted by Gasteiger charge is 2.36. The van der Waals surface area contributed by atoms with Gasteiger partial charge in [-0.25, -0.2) is 14.8 Å². The molecule has 0 fully saturated rings. The number of alkyl halides is 3. The third-order valence-electron chi connectivity index (χ3n) is 3.01. The summed E-state index contributed by atoms with van der Waals surface area (Å²) in [6.45, 7) is 2.01. The predicted molar refractivity (Wildman–Crippen MR) is 85.2 cm³/mol. The minimum atomic E-state index is -3.74. The van der Waals surface area contributed by atoms with Crippen LogP contribution in [-0.2, 0) is 10.1 Å². The Kier molecular flexibility index (Phi) is 5.90. The van der Waals surface area contributed by atoms with Gasteiger partial charge in [-0.3, -0.25) is 0 Å². The molecule has 1 amide bonds. The lowest BCUT2D eigenvalue weighted by Gasteiger charge is -2.22. The van der Waals surface area contributed by atoms with Crippen LogP contribution in [0.4, 0.5) is 13.6 Å². The molecule has 24 heavy (non-hydrogen) atoms. The molecule has 128 valence electrons. The van der Waals surface area contributed by atoms with Gasteiger partial charge in [0.1, 0.15) is 12.0 Å². The summed E-state index contributed by atoms with van der Waals surface area (Å²) in [5, 5.41) is -0.859. The summed E-state index contributed by atoms with van der Waals surface area (Å²) >= 11 is 11.0. The molecule has 1 unspecified atom stereocenters. The molecular weight excluding hydrogens is 363 g/mol. The second kappa shape index (κ2) is 7.72. The average molecular weight is 376 g/mol. The number of nitrogens with zero attached hydrogens (tertiary/aromatic N) is 2. The van der Waals surface area contributed by atoms with Gasteiger partial charge >= 0.3 is 11.5 Å². The fourth-order valence-corrected chi connectivity index (χ4v) is 2.29. The molecule has 2 aromatic rings. The number of ether oxygens (including phenoxy) is 1. The van der Waals surface area contributed by atoms with E-state index in [-0.39, 0.29) is 5.56 Å². The lowest BCUT2D eigenvalue weighted by Crippen LogP contribution is -2.27. The molecule has 1 aromatic heterocycles. The highest BCUT2D eigenvalue weighted by Crippen LogP contribution is 2.38. The molecule has 0 aliphatic heterocycles. The normalized spacial score (nSPS) is 12.5. The Bertz CT molecular complexity index is 709. The quantitative estimate of drug-likeness (QED) is 0.793. The van der Waals surface area contributed by atoms with E-state index in [0.29, 0.717) is 17.1 Å². The second-order valence-corrected chi connectivity index (χ2v) is 5.60. The number of halogens is 4. The van der Waals surface area contributed by atoms with E-state index >= 15 is 0 Å². The Morgan fingerprint density at radius 2 is 2.04 bits per heavy atom. The Balaban J connectivity index is 2.50. The van der Waals surface area contributed by atoms with Gasteiger partial charge in [-0.05, 0) is 36.2 Å². The molecule has 1 aromatic carbocycles. The van der Waals surface area contributed by atoms with Gasteiger partial charge in [-0.15, -0.1) is 0 Å². The molecule has 0 bridgehead atoms. The fourth-order valence-electron chi connectivity index (χ4n) is 2.01. The smallest absolute Gasteiger partial charge is 0.408 e. The highest BCUT2D eigenvalue weighted by atomic mass is 35.5. The van der Waals surface area contributed by atoms with Crippen molar-refractivity contribution in [3.63, 3.8) is 0 Å². The van der Waals surface area contributed by atoms with E-state index < -0.39 is 23.3 Å². The Morgan fingerprint density at radius 1 is 1.38 bits per heavy atom. The fraction of sp³-hybridized carbons (Fsp3) is 0.267. The SMILES string of the molecule is CCNC(=O)OC(c1ccc(Cl)cc1)c1cncnc1C(F)(F)Cl. The van der Waals surface area contributed by atoms with E-state index in [1.165, 1.54) is 0 Å². The maximum atomic E-state index is 13.6. The lowest BCUT2D eigenvalue weighted by molar-refractivity contribution is 0.0798. The zero-order valence-corrected chi connectivity index (χ0v) is 14.0. The van der Waals surface area contributed by atoms with Gasteiger partial charge in [0.05, 0.1) is 0 Å². The van der Waals surface area contributed by atoms with Crippen LogP contribution in [0.15, 0.2) is 36.8 Å². The number of hydrogen-bond donors (Lipinski definition) is 1. The molecule has 0 saturated carbocycles. The van der Waals surface area contributed by atoms with Gasteiger partial charge in [-0.1, -0.05) is 23.7 Å². The van der Waals surface area contributed by atoms with Crippen LogP contribution in [0, 0.1) is 0 Å². The number of rotatable bonds is 5. The molecule has 2 rings (SSSR count). The number of alkyl carbamates (subject to hydrolysis) is 1. The van der Waals surface area contributed by atoms with E-state index in [1.807, 2.05) is 0 Å². The Labute approximate surface area is 147 Å². The van der Waals surface area contributed by atoms with Crippen molar-refractivity contribution in [2.24, 2.45) is 0 Å². The summed E-state index contributed by atoms with van der Waals surface area (Å²) in [7, 11) is 0. The van der Waals surface area contributed by atoms with Crippen LogP contribution in [0.3, 0.4) is 0 Å². The van der Waals surface area contributed by atoms with Crippen molar-refractivity contribution in [1.82, 2.24) is 15.3 Å². The molecule has 0 aliphatic rings. The molecule has 1 atom stereocenters. The van der Waals surface area contributed by atoms with E-state index in [0.717, 1.165) is 12.5 Å². The van der Waals surface area contributed by atoms with Gasteiger partial charge in [0.15, 0.2) is 6.10 Å². The number of hydrogen-bond acceptors (Lipinski definition) is 4. The molecule has 1 N–H and O–H groups in total. The van der Waals surface area contributed by atoms with Crippen LogP contribution < -0.4 is 5.32 Å². The van der Waals surface area contributed by atoms with Crippen molar-refractivity contribution < 1.29 is 18.3 Å². The van der Waals surface area contributed by atoms with E-state index in [4.69, 9.17) is 27.9 Å². The number of aromatic nitrogens is 2. The molecule has 0 aliphatic carbocycles. The van der Waals surface area contributed by atoms with Crippen molar-refractivity contribution in [3.8, 4) is 0 Å². The van der Waals surface area contributed by atoms with Crippen LogP contribution >= 0.6 is 23.2 Å². The van der Waals surface area contributed by atoms with E-state index in [1.54, 1.807) is 31.2 Å². The molecule has 9 heteroatoms. The molecule has 0 radical (unpaired) electrons. The maximum Gasteiger partial charge on any atom is 0.408 e. The zero-order valence-electron chi connectivity index (χ0n) is 12.5. The second-order valence-electron chi connectivity index (χ2n) is 4.69. The minimum absolute atomic E-state index is 0.119. The number of nitrogens with one attached hydrogen (secondary N) is 1.